The molecule has 0 fully saturated rings. The highest BCUT2D eigenvalue weighted by molar-refractivity contribution is 7.47. The zero-order valence-corrected chi connectivity index (χ0v) is 50.0. The zero-order valence-electron chi connectivity index (χ0n) is 49.1. The molecule has 0 aliphatic heterocycles. The third kappa shape index (κ3) is 54.8. The molecular formula is C63H122N2O7P+. The lowest BCUT2D eigenvalue weighted by atomic mass is 10.0. The van der Waals surface area contributed by atoms with Crippen molar-refractivity contribution in [3.63, 3.8) is 0 Å². The number of esters is 1. The lowest BCUT2D eigenvalue weighted by Crippen LogP contribution is -2.47. The van der Waals surface area contributed by atoms with Gasteiger partial charge in [-0.25, -0.2) is 4.57 Å². The molecule has 0 aromatic rings. The van der Waals surface area contributed by atoms with Crippen LogP contribution in [0, 0.1) is 0 Å². The van der Waals surface area contributed by atoms with Crippen molar-refractivity contribution in [2.45, 2.75) is 315 Å². The Balaban J connectivity index is 5.00. The maximum absolute atomic E-state index is 13.5. The number of amides is 1. The molecule has 0 aliphatic rings. The number of quaternary nitrogens is 1. The van der Waals surface area contributed by atoms with E-state index >= 15 is 0 Å². The molecule has 0 aromatic heterocycles. The van der Waals surface area contributed by atoms with Gasteiger partial charge in [-0.1, -0.05) is 250 Å². The Morgan fingerprint density at radius 1 is 0.466 bits per heavy atom. The number of hydrogen-bond acceptors (Lipinski definition) is 6. The first-order chi connectivity index (χ1) is 35.4. The molecule has 2 N–H and O–H groups in total. The third-order valence-corrected chi connectivity index (χ3v) is 15.0. The summed E-state index contributed by atoms with van der Waals surface area (Å²) in [4.78, 5) is 37.6. The predicted octanol–water partition coefficient (Wildman–Crippen LogP) is 19.1. The van der Waals surface area contributed by atoms with Gasteiger partial charge in [0.25, 0.3) is 0 Å². The smallest absolute Gasteiger partial charge is 0.456 e. The highest BCUT2D eigenvalue weighted by Gasteiger charge is 2.30. The Labute approximate surface area is 453 Å². The van der Waals surface area contributed by atoms with Crippen molar-refractivity contribution >= 4 is 19.7 Å². The summed E-state index contributed by atoms with van der Waals surface area (Å²) in [6, 6.07) is -0.847. The minimum absolute atomic E-state index is 0.0405. The fourth-order valence-corrected chi connectivity index (χ4v) is 9.89. The first-order valence-corrected chi connectivity index (χ1v) is 32.8. The van der Waals surface area contributed by atoms with Crippen molar-refractivity contribution < 1.29 is 37.3 Å². The van der Waals surface area contributed by atoms with Crippen LogP contribution in [0.3, 0.4) is 0 Å². The largest absolute Gasteiger partial charge is 0.472 e. The summed E-state index contributed by atoms with van der Waals surface area (Å²) in [5, 5.41) is 3.04. The SMILES string of the molecule is CCCC/C=C\CCCCCCCC(=O)NC(COP(=O)(O)OCC[N+](C)(C)C)C(/C=C\CCCCCCCCCCC)OC(=O)CCCCCCCCCCCCCCCCC/C=C/CCCCCCCC. The van der Waals surface area contributed by atoms with E-state index < -0.39 is 20.0 Å². The number of carbonyl (C=O) groups excluding carboxylic acids is 2. The molecule has 9 nitrogen and oxygen atoms in total. The van der Waals surface area contributed by atoms with Crippen LogP contribution in [0.15, 0.2) is 36.5 Å². The summed E-state index contributed by atoms with van der Waals surface area (Å²) in [6.07, 6.45) is 64.4. The van der Waals surface area contributed by atoms with Gasteiger partial charge in [0, 0.05) is 12.8 Å². The number of nitrogens with zero attached hydrogens (tertiary/aromatic N) is 1. The van der Waals surface area contributed by atoms with E-state index in [1.165, 1.54) is 186 Å². The van der Waals surface area contributed by atoms with Crippen molar-refractivity contribution in [2.75, 3.05) is 40.9 Å². The molecule has 73 heavy (non-hydrogen) atoms. The highest BCUT2D eigenvalue weighted by atomic mass is 31.2. The second kappa shape index (κ2) is 53.6. The van der Waals surface area contributed by atoms with Crippen LogP contribution < -0.4 is 5.32 Å². The van der Waals surface area contributed by atoms with Crippen LogP contribution in [-0.4, -0.2) is 74.3 Å². The van der Waals surface area contributed by atoms with E-state index in [2.05, 4.69) is 50.4 Å². The number of rotatable bonds is 57. The number of nitrogens with one attached hydrogen (secondary N) is 1. The second-order valence-electron chi connectivity index (χ2n) is 22.6. The van der Waals surface area contributed by atoms with Crippen LogP contribution in [0.4, 0.5) is 0 Å². The number of hydrogen-bond donors (Lipinski definition) is 2. The summed E-state index contributed by atoms with van der Waals surface area (Å²) < 4.78 is 30.6. The molecule has 0 aromatic carbocycles. The van der Waals surface area contributed by atoms with Gasteiger partial charge < -0.3 is 19.4 Å². The summed E-state index contributed by atoms with van der Waals surface area (Å²) in [5.41, 5.74) is 0. The van der Waals surface area contributed by atoms with Gasteiger partial charge in [0.2, 0.25) is 5.91 Å². The molecule has 0 saturated heterocycles. The number of phosphoric acid groups is 1. The van der Waals surface area contributed by atoms with Crippen LogP contribution in [-0.2, 0) is 27.9 Å². The Morgan fingerprint density at radius 3 is 1.21 bits per heavy atom. The topological polar surface area (TPSA) is 111 Å². The van der Waals surface area contributed by atoms with Crippen molar-refractivity contribution in [3.8, 4) is 0 Å². The standard InChI is InChI=1S/C63H121N2O7P/c1-7-10-13-16-19-22-25-26-27-28-29-30-31-32-33-34-35-36-37-38-41-44-47-50-53-56-63(67)72-61(54-51-48-45-42-39-23-20-17-14-11-8-2)60(59-71-73(68,69)70-58-57-65(4,5)6)64-62(66)55-52-49-46-43-40-24-21-18-15-12-9-3/h18,21,26-27,51,54,60-61H,7-17,19-20,22-25,28-50,52-53,55-59H2,1-6H3,(H-,64,66,68,69)/p+1/b21-18-,27-26+,54-51-. The number of allylic oxidation sites excluding steroid dienone is 5. The van der Waals surface area contributed by atoms with Crippen LogP contribution >= 0.6 is 7.82 Å². The maximum atomic E-state index is 13.5. The minimum atomic E-state index is -4.44. The molecule has 0 radical (unpaired) electrons. The molecule has 3 atom stereocenters. The number of ether oxygens (including phenoxy) is 1. The summed E-state index contributed by atoms with van der Waals surface area (Å²) in [7, 11) is 1.50. The second-order valence-corrected chi connectivity index (χ2v) is 24.0. The van der Waals surface area contributed by atoms with Gasteiger partial charge in [-0.05, 0) is 76.7 Å². The molecule has 0 bridgehead atoms. The Bertz CT molecular complexity index is 1350. The lowest BCUT2D eigenvalue weighted by molar-refractivity contribution is -0.870. The Hall–Kier alpha value is -1.77. The number of phosphoric ester groups is 1. The van der Waals surface area contributed by atoms with Crippen molar-refractivity contribution in [2.24, 2.45) is 0 Å². The Morgan fingerprint density at radius 2 is 0.808 bits per heavy atom. The third-order valence-electron chi connectivity index (χ3n) is 14.1. The van der Waals surface area contributed by atoms with E-state index in [9.17, 15) is 19.0 Å². The summed E-state index contributed by atoms with van der Waals surface area (Å²) in [5.74, 6) is -0.507. The van der Waals surface area contributed by atoms with Gasteiger partial charge in [0.15, 0.2) is 0 Å². The summed E-state index contributed by atoms with van der Waals surface area (Å²) >= 11 is 0. The van der Waals surface area contributed by atoms with Crippen LogP contribution in [0.25, 0.3) is 0 Å². The first-order valence-electron chi connectivity index (χ1n) is 31.3. The van der Waals surface area contributed by atoms with Crippen molar-refractivity contribution in [1.29, 1.82) is 0 Å². The maximum Gasteiger partial charge on any atom is 0.472 e. The lowest BCUT2D eigenvalue weighted by Gasteiger charge is -2.27. The molecule has 3 unspecified atom stereocenters. The molecule has 0 spiro atoms. The highest BCUT2D eigenvalue weighted by Crippen LogP contribution is 2.43. The quantitative estimate of drug-likeness (QED) is 0.0205. The molecule has 430 valence electrons. The van der Waals surface area contributed by atoms with Gasteiger partial charge in [-0.2, -0.15) is 0 Å². The monoisotopic (exact) mass is 1050 g/mol. The number of carbonyl (C=O) groups is 2. The Kier molecular flexibility index (Phi) is 52.3. The van der Waals surface area contributed by atoms with E-state index in [1.54, 1.807) is 0 Å². The van der Waals surface area contributed by atoms with Gasteiger partial charge in [0.05, 0.1) is 33.8 Å². The van der Waals surface area contributed by atoms with E-state index in [-0.39, 0.29) is 25.1 Å². The first kappa shape index (κ1) is 71.2. The van der Waals surface area contributed by atoms with E-state index in [0.717, 1.165) is 83.5 Å². The van der Waals surface area contributed by atoms with E-state index in [1.807, 2.05) is 33.3 Å². The molecular weight excluding hydrogens is 928 g/mol. The molecule has 1 amide bonds. The molecule has 0 saturated carbocycles. The van der Waals surface area contributed by atoms with Crippen molar-refractivity contribution in [3.05, 3.63) is 36.5 Å². The normalized spacial score (nSPS) is 13.9. The van der Waals surface area contributed by atoms with Gasteiger partial charge in [0.1, 0.15) is 19.3 Å². The summed E-state index contributed by atoms with van der Waals surface area (Å²) in [6.45, 7) is 6.98. The number of likely N-dealkylation sites (N-methyl/N-ethyl adjacent to an activating group) is 1. The average molecular weight is 1050 g/mol. The fourth-order valence-electron chi connectivity index (χ4n) is 9.15. The van der Waals surface area contributed by atoms with Crippen LogP contribution in [0.2, 0.25) is 0 Å². The van der Waals surface area contributed by atoms with Crippen molar-refractivity contribution in [1.82, 2.24) is 5.32 Å². The van der Waals surface area contributed by atoms with Gasteiger partial charge in [-0.15, -0.1) is 0 Å². The predicted molar refractivity (Wildman–Crippen MR) is 314 cm³/mol. The minimum Gasteiger partial charge on any atom is -0.456 e. The van der Waals surface area contributed by atoms with Crippen LogP contribution in [0.1, 0.15) is 303 Å². The van der Waals surface area contributed by atoms with Gasteiger partial charge in [-0.3, -0.25) is 18.6 Å². The fraction of sp³-hybridized carbons (Fsp3) is 0.873. The van der Waals surface area contributed by atoms with E-state index in [4.69, 9.17) is 13.8 Å². The molecule has 0 heterocycles. The zero-order chi connectivity index (χ0) is 53.6. The van der Waals surface area contributed by atoms with Crippen LogP contribution in [0.5, 0.6) is 0 Å². The van der Waals surface area contributed by atoms with Gasteiger partial charge >= 0.3 is 13.8 Å². The molecule has 10 heteroatoms. The number of unbranched alkanes of at least 4 members (excludes halogenated alkanes) is 37. The molecule has 0 aliphatic carbocycles. The molecule has 0 rings (SSSR count). The average Bonchev–Trinajstić information content (AvgIpc) is 3.35. The van der Waals surface area contributed by atoms with E-state index in [0.29, 0.717) is 23.9 Å².